The average molecular weight is 434 g/mol. The van der Waals surface area contributed by atoms with Gasteiger partial charge in [0, 0.05) is 6.54 Å². The van der Waals surface area contributed by atoms with E-state index < -0.39 is 35.4 Å². The predicted octanol–water partition coefficient (Wildman–Crippen LogP) is 4.25. The zero-order chi connectivity index (χ0) is 22.8. The van der Waals surface area contributed by atoms with Gasteiger partial charge in [-0.3, -0.25) is 14.4 Å². The monoisotopic (exact) mass is 434 g/mol. The molecule has 0 saturated carbocycles. The quantitative estimate of drug-likeness (QED) is 0.565. The Morgan fingerprint density at radius 1 is 0.969 bits per heavy atom. The van der Waals surface area contributed by atoms with Crippen LogP contribution >= 0.6 is 0 Å². The predicted molar refractivity (Wildman–Crippen MR) is 115 cm³/mol. The second-order valence-corrected chi connectivity index (χ2v) is 7.66. The van der Waals surface area contributed by atoms with Crippen LogP contribution in [0.15, 0.2) is 72.8 Å². The number of anilines is 1. The maximum Gasteiger partial charge on any atom is 0.257 e. The zero-order valence-electron chi connectivity index (χ0n) is 17.3. The minimum atomic E-state index is -1.11. The molecule has 1 aliphatic heterocycles. The van der Waals surface area contributed by atoms with Crippen molar-refractivity contribution in [1.82, 2.24) is 4.90 Å². The number of aryl methyl sites for hydroxylation is 1. The van der Waals surface area contributed by atoms with Gasteiger partial charge < -0.3 is 4.90 Å². The number of imide groups is 1. The molecule has 162 valence electrons. The smallest absolute Gasteiger partial charge is 0.257 e. The van der Waals surface area contributed by atoms with E-state index in [1.807, 2.05) is 6.92 Å². The molecule has 1 fully saturated rings. The van der Waals surface area contributed by atoms with E-state index >= 15 is 0 Å². The third-order valence-corrected chi connectivity index (χ3v) is 5.42. The first-order valence-electron chi connectivity index (χ1n) is 10.1. The number of benzene rings is 3. The topological polar surface area (TPSA) is 57.7 Å². The molecule has 3 aromatic rings. The molecule has 0 radical (unpaired) electrons. The number of hydrogen-bond donors (Lipinski definition) is 0. The molecule has 7 heteroatoms. The molecule has 1 aliphatic rings. The minimum absolute atomic E-state index is 0.0845. The number of carbonyl (C=O) groups is 3. The molecule has 4 rings (SSSR count). The van der Waals surface area contributed by atoms with Gasteiger partial charge in [0.15, 0.2) is 0 Å². The van der Waals surface area contributed by atoms with E-state index in [1.54, 1.807) is 24.3 Å². The summed E-state index contributed by atoms with van der Waals surface area (Å²) in [6.07, 6.45) is -0.228. The van der Waals surface area contributed by atoms with Crippen molar-refractivity contribution in [3.63, 3.8) is 0 Å². The number of amides is 3. The Kier molecular flexibility index (Phi) is 5.81. The van der Waals surface area contributed by atoms with Gasteiger partial charge in [0.2, 0.25) is 5.91 Å². The molecule has 0 aliphatic carbocycles. The molecule has 32 heavy (non-hydrogen) atoms. The number of nitrogens with zero attached hydrogens (tertiary/aromatic N) is 2. The van der Waals surface area contributed by atoms with E-state index in [9.17, 15) is 23.2 Å². The Hall–Kier alpha value is -3.87. The van der Waals surface area contributed by atoms with Gasteiger partial charge in [0.05, 0.1) is 17.7 Å². The lowest BCUT2D eigenvalue weighted by molar-refractivity contribution is -0.122. The minimum Gasteiger partial charge on any atom is -0.322 e. The molecule has 3 aromatic carbocycles. The Labute approximate surface area is 183 Å². The lowest BCUT2D eigenvalue weighted by atomic mass is 10.1. The molecule has 1 heterocycles. The normalized spacial score (nSPS) is 15.8. The van der Waals surface area contributed by atoms with Crippen LogP contribution in [-0.4, -0.2) is 28.7 Å². The van der Waals surface area contributed by atoms with Gasteiger partial charge in [-0.05, 0) is 48.9 Å². The summed E-state index contributed by atoms with van der Waals surface area (Å²) in [7, 11) is 0. The van der Waals surface area contributed by atoms with Crippen LogP contribution in [0.4, 0.5) is 14.5 Å². The molecule has 3 amide bonds. The van der Waals surface area contributed by atoms with Gasteiger partial charge in [-0.25, -0.2) is 13.7 Å². The summed E-state index contributed by atoms with van der Waals surface area (Å²) in [5.74, 6) is -2.91. The van der Waals surface area contributed by atoms with Crippen LogP contribution in [0.3, 0.4) is 0 Å². The third-order valence-electron chi connectivity index (χ3n) is 5.42. The van der Waals surface area contributed by atoms with Crippen molar-refractivity contribution in [3.05, 3.63) is 101 Å². The second-order valence-electron chi connectivity index (χ2n) is 7.66. The van der Waals surface area contributed by atoms with Crippen LogP contribution in [0.1, 0.15) is 27.9 Å². The Bertz CT molecular complexity index is 1180. The first-order chi connectivity index (χ1) is 15.3. The molecular weight excluding hydrogens is 414 g/mol. The van der Waals surface area contributed by atoms with E-state index in [1.165, 1.54) is 47.4 Å². The molecular formula is C25H20F2N2O3. The molecule has 5 nitrogen and oxygen atoms in total. The van der Waals surface area contributed by atoms with Crippen LogP contribution in [0, 0.1) is 18.6 Å². The van der Waals surface area contributed by atoms with Crippen LogP contribution in [0.25, 0.3) is 0 Å². The van der Waals surface area contributed by atoms with E-state index in [0.29, 0.717) is 11.3 Å². The van der Waals surface area contributed by atoms with Crippen molar-refractivity contribution in [1.29, 1.82) is 0 Å². The van der Waals surface area contributed by atoms with Gasteiger partial charge in [-0.2, -0.15) is 0 Å². The number of carbonyl (C=O) groups excluding carboxylic acids is 3. The highest BCUT2D eigenvalue weighted by atomic mass is 19.1. The molecule has 1 atom stereocenters. The Balaban J connectivity index is 1.70. The molecule has 0 spiro atoms. The summed E-state index contributed by atoms with van der Waals surface area (Å²) in [6, 6.07) is 16.7. The number of rotatable bonds is 5. The summed E-state index contributed by atoms with van der Waals surface area (Å²) in [4.78, 5) is 41.5. The van der Waals surface area contributed by atoms with Crippen molar-refractivity contribution in [2.24, 2.45) is 0 Å². The maximum absolute atomic E-state index is 14.4. The van der Waals surface area contributed by atoms with Gasteiger partial charge in [-0.15, -0.1) is 0 Å². The molecule has 0 aromatic heterocycles. The summed E-state index contributed by atoms with van der Waals surface area (Å²) in [5, 5.41) is 0. The number of halogens is 2. The standard InChI is InChI=1S/C25H20F2N2O3/c1-16-6-12-19(13-7-16)29-23(30)14-22(25(29)32)28(15-17-8-10-18(26)11-9-17)24(31)20-4-2-3-5-21(20)27/h2-13,22H,14-15H2,1H3. The molecule has 1 unspecified atom stereocenters. The van der Waals surface area contributed by atoms with Crippen LogP contribution in [-0.2, 0) is 16.1 Å². The summed E-state index contributed by atoms with van der Waals surface area (Å²) in [6.45, 7) is 1.80. The van der Waals surface area contributed by atoms with Crippen molar-refractivity contribution < 1.29 is 23.2 Å². The fourth-order valence-electron chi connectivity index (χ4n) is 3.72. The third kappa shape index (κ3) is 4.14. The van der Waals surface area contributed by atoms with Crippen LogP contribution in [0.2, 0.25) is 0 Å². The van der Waals surface area contributed by atoms with Gasteiger partial charge in [-0.1, -0.05) is 42.0 Å². The maximum atomic E-state index is 14.4. The second kappa shape index (κ2) is 8.70. The highest BCUT2D eigenvalue weighted by Gasteiger charge is 2.44. The van der Waals surface area contributed by atoms with E-state index in [4.69, 9.17) is 0 Å². The van der Waals surface area contributed by atoms with Crippen molar-refractivity contribution >= 4 is 23.4 Å². The molecule has 0 N–H and O–H groups in total. The van der Waals surface area contributed by atoms with E-state index in [-0.39, 0.29) is 18.5 Å². The van der Waals surface area contributed by atoms with Crippen LogP contribution in [0.5, 0.6) is 0 Å². The number of hydrogen-bond acceptors (Lipinski definition) is 3. The first-order valence-corrected chi connectivity index (χ1v) is 10.1. The van der Waals surface area contributed by atoms with Gasteiger partial charge in [0.25, 0.3) is 11.8 Å². The van der Waals surface area contributed by atoms with Crippen molar-refractivity contribution in [2.75, 3.05) is 4.90 Å². The molecule has 1 saturated heterocycles. The summed E-state index contributed by atoms with van der Waals surface area (Å²) < 4.78 is 27.7. The van der Waals surface area contributed by atoms with Crippen LogP contribution < -0.4 is 4.90 Å². The fraction of sp³-hybridized carbons (Fsp3) is 0.160. The van der Waals surface area contributed by atoms with Crippen molar-refractivity contribution in [3.8, 4) is 0 Å². The van der Waals surface area contributed by atoms with E-state index in [2.05, 4.69) is 0 Å². The zero-order valence-corrected chi connectivity index (χ0v) is 17.3. The fourth-order valence-corrected chi connectivity index (χ4v) is 3.72. The molecule has 0 bridgehead atoms. The van der Waals surface area contributed by atoms with Crippen molar-refractivity contribution in [2.45, 2.75) is 25.9 Å². The van der Waals surface area contributed by atoms with Gasteiger partial charge >= 0.3 is 0 Å². The SMILES string of the molecule is Cc1ccc(N2C(=O)CC(N(Cc3ccc(F)cc3)C(=O)c3ccccc3F)C2=O)cc1. The Morgan fingerprint density at radius 3 is 2.28 bits per heavy atom. The average Bonchev–Trinajstić information content (AvgIpc) is 3.07. The highest BCUT2D eigenvalue weighted by Crippen LogP contribution is 2.28. The summed E-state index contributed by atoms with van der Waals surface area (Å²) >= 11 is 0. The summed E-state index contributed by atoms with van der Waals surface area (Å²) in [5.41, 5.74) is 1.72. The lowest BCUT2D eigenvalue weighted by Gasteiger charge is -2.28. The lowest BCUT2D eigenvalue weighted by Crippen LogP contribution is -2.45. The highest BCUT2D eigenvalue weighted by molar-refractivity contribution is 6.23. The van der Waals surface area contributed by atoms with Gasteiger partial charge in [0.1, 0.15) is 17.7 Å². The first kappa shape index (κ1) is 21.4. The Morgan fingerprint density at radius 2 is 1.62 bits per heavy atom. The van der Waals surface area contributed by atoms with E-state index in [0.717, 1.165) is 16.5 Å². The largest absolute Gasteiger partial charge is 0.322 e.